The zero-order valence-corrected chi connectivity index (χ0v) is 22.0. The van der Waals surface area contributed by atoms with E-state index in [1.54, 1.807) is 0 Å². The Morgan fingerprint density at radius 3 is 2.54 bits per heavy atom. The fourth-order valence-electron chi connectivity index (χ4n) is 5.05. The molecule has 9 heteroatoms. The van der Waals surface area contributed by atoms with E-state index < -0.39 is 11.9 Å². The summed E-state index contributed by atoms with van der Waals surface area (Å²) in [6.45, 7) is 4.14. The first-order chi connectivity index (χ1) is 18.9. The molecule has 0 saturated carbocycles. The molecule has 2 aliphatic rings. The van der Waals surface area contributed by atoms with Crippen molar-refractivity contribution in [1.29, 1.82) is 0 Å². The van der Waals surface area contributed by atoms with Crippen molar-refractivity contribution in [2.24, 2.45) is 5.92 Å². The van der Waals surface area contributed by atoms with Crippen molar-refractivity contribution in [2.45, 2.75) is 44.9 Å². The number of rotatable bonds is 7. The lowest BCUT2D eigenvalue weighted by Gasteiger charge is -2.31. The van der Waals surface area contributed by atoms with Gasteiger partial charge in [-0.3, -0.25) is 9.78 Å². The number of aliphatic carboxylic acids is 2. The maximum atomic E-state index is 11.7. The number of anilines is 1. The highest BCUT2D eigenvalue weighted by atomic mass is 16.5. The van der Waals surface area contributed by atoms with Crippen molar-refractivity contribution < 1.29 is 29.3 Å². The van der Waals surface area contributed by atoms with Crippen molar-refractivity contribution in [1.82, 2.24) is 9.88 Å². The summed E-state index contributed by atoms with van der Waals surface area (Å²) < 4.78 is 6.02. The van der Waals surface area contributed by atoms with Gasteiger partial charge in [0.1, 0.15) is 5.75 Å². The zero-order valence-electron chi connectivity index (χ0n) is 22.0. The summed E-state index contributed by atoms with van der Waals surface area (Å²) in [6.07, 6.45) is 7.02. The number of likely N-dealkylation sites (tertiary alicyclic amines) is 1. The molecule has 0 radical (unpaired) electrons. The molecule has 3 N–H and O–H groups in total. The standard InChI is InChI=1S/C28H33N3O2.C2H2O4/c32-28-8-3-6-23-20-25(11-12-27(23)30-28)33-18-4-15-31-16-13-21(14-17-31)19-24-10-9-22-5-1-2-7-26(22)29-24;3-1(4)2(5)6/h1-2,5,7,9-12,20-21H,3-4,6,8,13-19H2,(H,30,32);(H,3,4)(H,5,6). The molecule has 2 aliphatic heterocycles. The highest BCUT2D eigenvalue weighted by Crippen LogP contribution is 2.27. The third-order valence-corrected chi connectivity index (χ3v) is 7.13. The number of carboxylic acids is 2. The van der Waals surface area contributed by atoms with Crippen LogP contribution in [0.1, 0.15) is 43.4 Å². The minimum absolute atomic E-state index is 0.111. The summed E-state index contributed by atoms with van der Waals surface area (Å²) in [5.41, 5.74) is 4.44. The van der Waals surface area contributed by atoms with E-state index in [1.807, 2.05) is 12.1 Å². The first-order valence-electron chi connectivity index (χ1n) is 13.5. The van der Waals surface area contributed by atoms with Gasteiger partial charge in [-0.15, -0.1) is 0 Å². The summed E-state index contributed by atoms with van der Waals surface area (Å²) in [5, 5.41) is 19.0. The molecule has 1 aromatic heterocycles. The number of amides is 1. The SMILES string of the molecule is O=C(O)C(=O)O.O=C1CCCc2cc(OCCCN3CCC(Cc4ccc5ccccc5n4)CC3)ccc2N1. The van der Waals surface area contributed by atoms with Crippen LogP contribution in [-0.4, -0.2) is 64.2 Å². The zero-order chi connectivity index (χ0) is 27.6. The summed E-state index contributed by atoms with van der Waals surface area (Å²) >= 11 is 0. The summed E-state index contributed by atoms with van der Waals surface area (Å²) in [7, 11) is 0. The van der Waals surface area contributed by atoms with Crippen LogP contribution in [-0.2, 0) is 27.2 Å². The Balaban J connectivity index is 0.000000531. The van der Waals surface area contributed by atoms with Gasteiger partial charge in [0.05, 0.1) is 12.1 Å². The molecule has 9 nitrogen and oxygen atoms in total. The number of carbonyl (C=O) groups excluding carboxylic acids is 1. The van der Waals surface area contributed by atoms with Crippen LogP contribution in [0.15, 0.2) is 54.6 Å². The van der Waals surface area contributed by atoms with Gasteiger partial charge in [0.25, 0.3) is 0 Å². The number of nitrogens with zero attached hydrogens (tertiary/aromatic N) is 2. The molecule has 3 aromatic rings. The Labute approximate surface area is 227 Å². The summed E-state index contributed by atoms with van der Waals surface area (Å²) in [6, 6.07) is 18.8. The highest BCUT2D eigenvalue weighted by molar-refractivity contribution is 6.27. The number of piperidine rings is 1. The van der Waals surface area contributed by atoms with Crippen LogP contribution in [0, 0.1) is 5.92 Å². The lowest BCUT2D eigenvalue weighted by atomic mass is 9.91. The van der Waals surface area contributed by atoms with Crippen LogP contribution in [0.2, 0.25) is 0 Å². The topological polar surface area (TPSA) is 129 Å². The number of nitrogens with one attached hydrogen (secondary N) is 1. The number of aromatic nitrogens is 1. The third kappa shape index (κ3) is 8.51. The predicted octanol–water partition coefficient (Wildman–Crippen LogP) is 4.39. The minimum atomic E-state index is -1.82. The quantitative estimate of drug-likeness (QED) is 0.301. The Bertz CT molecular complexity index is 1290. The van der Waals surface area contributed by atoms with E-state index in [-0.39, 0.29) is 5.91 Å². The maximum Gasteiger partial charge on any atom is 0.414 e. The van der Waals surface area contributed by atoms with Gasteiger partial charge in [0.15, 0.2) is 0 Å². The second kappa shape index (κ2) is 13.7. The molecule has 0 bridgehead atoms. The average Bonchev–Trinajstić information content (AvgIpc) is 3.12. The Kier molecular flexibility index (Phi) is 9.85. The Morgan fingerprint density at radius 1 is 1.00 bits per heavy atom. The molecular weight excluding hydrogens is 498 g/mol. The normalized spacial score (nSPS) is 15.8. The molecule has 2 aromatic carbocycles. The molecule has 3 heterocycles. The van der Waals surface area contributed by atoms with E-state index >= 15 is 0 Å². The summed E-state index contributed by atoms with van der Waals surface area (Å²) in [4.78, 5) is 37.3. The lowest BCUT2D eigenvalue weighted by Crippen LogP contribution is -2.35. The third-order valence-electron chi connectivity index (χ3n) is 7.13. The molecule has 1 amide bonds. The number of carboxylic acid groups (broad SMARTS) is 2. The molecule has 1 saturated heterocycles. The van der Waals surface area contributed by atoms with Crippen molar-refractivity contribution >= 4 is 34.4 Å². The Morgan fingerprint density at radius 2 is 1.77 bits per heavy atom. The second-order valence-corrected chi connectivity index (χ2v) is 10.0. The van der Waals surface area contributed by atoms with Crippen molar-refractivity contribution in [3.8, 4) is 5.75 Å². The molecule has 0 atom stereocenters. The van der Waals surface area contributed by atoms with Crippen molar-refractivity contribution in [3.63, 3.8) is 0 Å². The van der Waals surface area contributed by atoms with Crippen molar-refractivity contribution in [3.05, 3.63) is 65.9 Å². The molecule has 5 rings (SSSR count). The van der Waals surface area contributed by atoms with E-state index in [9.17, 15) is 4.79 Å². The first kappa shape index (κ1) is 28.0. The van der Waals surface area contributed by atoms with Crippen LogP contribution in [0.4, 0.5) is 5.69 Å². The highest BCUT2D eigenvalue weighted by Gasteiger charge is 2.20. The van der Waals surface area contributed by atoms with E-state index in [1.165, 1.54) is 29.5 Å². The molecule has 1 fully saturated rings. The first-order valence-corrected chi connectivity index (χ1v) is 13.5. The molecule has 0 spiro atoms. The smallest absolute Gasteiger partial charge is 0.414 e. The van der Waals surface area contributed by atoms with E-state index in [4.69, 9.17) is 29.5 Å². The van der Waals surface area contributed by atoms with Gasteiger partial charge in [-0.25, -0.2) is 9.59 Å². The van der Waals surface area contributed by atoms with Crippen molar-refractivity contribution in [2.75, 3.05) is 31.6 Å². The number of hydrogen-bond donors (Lipinski definition) is 3. The van der Waals surface area contributed by atoms with Gasteiger partial charge in [-0.05, 0) is 93.4 Å². The number of aryl methyl sites for hydroxylation is 1. The fraction of sp³-hybridized carbons (Fsp3) is 0.400. The predicted molar refractivity (Wildman–Crippen MR) is 148 cm³/mol. The second-order valence-electron chi connectivity index (χ2n) is 10.0. The largest absolute Gasteiger partial charge is 0.494 e. The number of fused-ring (bicyclic) bond motifs is 2. The number of para-hydroxylation sites is 1. The molecule has 206 valence electrons. The number of carbonyl (C=O) groups is 3. The molecule has 0 aliphatic carbocycles. The van der Waals surface area contributed by atoms with Gasteiger partial charge in [0, 0.05) is 29.7 Å². The summed E-state index contributed by atoms with van der Waals surface area (Å²) in [5.74, 6) is -1.90. The van der Waals surface area contributed by atoms with E-state index in [0.717, 1.165) is 74.8 Å². The van der Waals surface area contributed by atoms with Crippen LogP contribution >= 0.6 is 0 Å². The van der Waals surface area contributed by atoms with Crippen LogP contribution in [0.5, 0.6) is 5.75 Å². The molecule has 39 heavy (non-hydrogen) atoms. The Hall–Kier alpha value is -3.98. The van der Waals surface area contributed by atoms with Gasteiger partial charge in [-0.2, -0.15) is 0 Å². The van der Waals surface area contributed by atoms with Crippen LogP contribution in [0.25, 0.3) is 10.9 Å². The number of pyridine rings is 1. The minimum Gasteiger partial charge on any atom is -0.494 e. The van der Waals surface area contributed by atoms with E-state index in [0.29, 0.717) is 6.42 Å². The fourth-order valence-corrected chi connectivity index (χ4v) is 5.05. The van der Waals surface area contributed by atoms with Gasteiger partial charge in [0.2, 0.25) is 5.91 Å². The van der Waals surface area contributed by atoms with Gasteiger partial charge in [-0.1, -0.05) is 24.3 Å². The maximum absolute atomic E-state index is 11.7. The van der Waals surface area contributed by atoms with E-state index in [2.05, 4.69) is 52.7 Å². The number of ether oxygens (including phenoxy) is 1. The lowest BCUT2D eigenvalue weighted by molar-refractivity contribution is -0.159. The molecular formula is C30H35N3O6. The monoisotopic (exact) mass is 533 g/mol. The van der Waals surface area contributed by atoms with Gasteiger partial charge < -0.3 is 25.2 Å². The number of benzene rings is 2. The average molecular weight is 534 g/mol. The van der Waals surface area contributed by atoms with Crippen LogP contribution in [0.3, 0.4) is 0 Å². The number of hydrogen-bond acceptors (Lipinski definition) is 6. The molecule has 0 unspecified atom stereocenters. The van der Waals surface area contributed by atoms with Crippen LogP contribution < -0.4 is 10.1 Å². The van der Waals surface area contributed by atoms with Gasteiger partial charge >= 0.3 is 11.9 Å².